The first-order valence-corrected chi connectivity index (χ1v) is 10.6. The standard InChI is InChI=1S/C18H22ClN3O4S/c1-18(2,3)26-17(23)22-8-6-13(7-9-22)27(24,25)16-5-4-12-11-20-15(19)10-14(12)21-16/h4-5,10-11,13H,6-9H2,1-3H3. The third kappa shape index (κ3) is 4.50. The molecule has 1 aliphatic heterocycles. The van der Waals surface area contributed by atoms with Crippen molar-refractivity contribution in [3.05, 3.63) is 29.5 Å². The van der Waals surface area contributed by atoms with E-state index in [0.717, 1.165) is 5.39 Å². The number of pyridine rings is 2. The number of carbonyl (C=O) groups is 1. The van der Waals surface area contributed by atoms with Gasteiger partial charge in [0.1, 0.15) is 10.8 Å². The van der Waals surface area contributed by atoms with Crippen molar-refractivity contribution in [3.8, 4) is 0 Å². The van der Waals surface area contributed by atoms with Crippen LogP contribution in [0.4, 0.5) is 4.79 Å². The van der Waals surface area contributed by atoms with Crippen LogP contribution in [0, 0.1) is 0 Å². The van der Waals surface area contributed by atoms with Gasteiger partial charge in [-0.15, -0.1) is 0 Å². The summed E-state index contributed by atoms with van der Waals surface area (Å²) in [7, 11) is -3.60. The summed E-state index contributed by atoms with van der Waals surface area (Å²) in [5.41, 5.74) is -0.0900. The summed E-state index contributed by atoms with van der Waals surface area (Å²) in [5, 5.41) is 0.416. The second-order valence-corrected chi connectivity index (χ2v) is 10.1. The molecule has 0 unspecified atom stereocenters. The predicted octanol–water partition coefficient (Wildman–Crippen LogP) is 3.46. The van der Waals surface area contributed by atoms with Gasteiger partial charge < -0.3 is 9.64 Å². The van der Waals surface area contributed by atoms with E-state index in [4.69, 9.17) is 16.3 Å². The molecule has 7 nitrogen and oxygen atoms in total. The van der Waals surface area contributed by atoms with Gasteiger partial charge in [0.05, 0.1) is 10.8 Å². The molecular weight excluding hydrogens is 390 g/mol. The molecule has 1 fully saturated rings. The summed E-state index contributed by atoms with van der Waals surface area (Å²) in [6.07, 6.45) is 1.83. The van der Waals surface area contributed by atoms with Crippen LogP contribution < -0.4 is 0 Å². The highest BCUT2D eigenvalue weighted by Crippen LogP contribution is 2.26. The van der Waals surface area contributed by atoms with Crippen LogP contribution in [0.3, 0.4) is 0 Å². The molecule has 3 heterocycles. The van der Waals surface area contributed by atoms with E-state index in [1.54, 1.807) is 44.0 Å². The SMILES string of the molecule is CC(C)(C)OC(=O)N1CCC(S(=O)(=O)c2ccc3cnc(Cl)cc3n2)CC1. The summed E-state index contributed by atoms with van der Waals surface area (Å²) in [6, 6.07) is 4.71. The van der Waals surface area contributed by atoms with Crippen molar-refractivity contribution in [2.24, 2.45) is 0 Å². The van der Waals surface area contributed by atoms with Gasteiger partial charge in [0.2, 0.25) is 0 Å². The molecule has 0 radical (unpaired) electrons. The van der Waals surface area contributed by atoms with Gasteiger partial charge in [0, 0.05) is 30.7 Å². The molecule has 0 saturated carbocycles. The minimum absolute atomic E-state index is 0.0213. The number of rotatable bonds is 2. The van der Waals surface area contributed by atoms with Crippen molar-refractivity contribution in [2.45, 2.75) is 49.5 Å². The molecule has 9 heteroatoms. The van der Waals surface area contributed by atoms with Crippen molar-refractivity contribution in [1.29, 1.82) is 0 Å². The molecule has 3 rings (SSSR count). The van der Waals surface area contributed by atoms with Crippen molar-refractivity contribution in [3.63, 3.8) is 0 Å². The van der Waals surface area contributed by atoms with Crippen LogP contribution in [0.25, 0.3) is 10.9 Å². The van der Waals surface area contributed by atoms with Gasteiger partial charge in [-0.25, -0.2) is 23.2 Å². The third-order valence-corrected chi connectivity index (χ3v) is 6.70. The lowest BCUT2D eigenvalue weighted by atomic mass is 10.1. The minimum Gasteiger partial charge on any atom is -0.444 e. The molecule has 146 valence electrons. The molecule has 2 aromatic rings. The highest BCUT2D eigenvalue weighted by atomic mass is 35.5. The van der Waals surface area contributed by atoms with E-state index in [1.807, 2.05) is 0 Å². The van der Waals surface area contributed by atoms with Crippen molar-refractivity contribution in [1.82, 2.24) is 14.9 Å². The van der Waals surface area contributed by atoms with Gasteiger partial charge in [0.15, 0.2) is 14.9 Å². The third-order valence-electron chi connectivity index (χ3n) is 4.34. The maximum atomic E-state index is 13.0. The van der Waals surface area contributed by atoms with Crippen molar-refractivity contribution in [2.75, 3.05) is 13.1 Å². The molecule has 0 N–H and O–H groups in total. The fourth-order valence-electron chi connectivity index (χ4n) is 2.98. The predicted molar refractivity (Wildman–Crippen MR) is 103 cm³/mol. The fraction of sp³-hybridized carbons (Fsp3) is 0.500. The summed E-state index contributed by atoms with van der Waals surface area (Å²) >= 11 is 5.88. The van der Waals surface area contributed by atoms with Crippen LogP contribution in [-0.2, 0) is 14.6 Å². The van der Waals surface area contributed by atoms with Gasteiger partial charge in [-0.3, -0.25) is 0 Å². The Bertz CT molecular complexity index is 964. The molecule has 0 spiro atoms. The van der Waals surface area contributed by atoms with Gasteiger partial charge in [-0.05, 0) is 45.7 Å². The second kappa shape index (κ2) is 7.24. The van der Waals surface area contributed by atoms with Crippen LogP contribution in [0.15, 0.2) is 29.4 Å². The second-order valence-electron chi connectivity index (χ2n) is 7.56. The monoisotopic (exact) mass is 411 g/mol. The average Bonchev–Trinajstić information content (AvgIpc) is 2.59. The maximum absolute atomic E-state index is 13.0. The maximum Gasteiger partial charge on any atom is 0.410 e. The Hall–Kier alpha value is -1.93. The lowest BCUT2D eigenvalue weighted by Crippen LogP contribution is -2.44. The quantitative estimate of drug-likeness (QED) is 0.703. The van der Waals surface area contributed by atoms with E-state index in [1.165, 1.54) is 6.07 Å². The first kappa shape index (κ1) is 19.8. The minimum atomic E-state index is -3.60. The Labute approximate surface area is 163 Å². The molecular formula is C18H22ClN3O4S. The zero-order valence-electron chi connectivity index (χ0n) is 15.5. The molecule has 2 aromatic heterocycles. The summed E-state index contributed by atoms with van der Waals surface area (Å²) in [5.74, 6) is 0. The Morgan fingerprint density at radius 2 is 1.93 bits per heavy atom. The molecule has 1 amide bonds. The molecule has 0 atom stereocenters. The first-order valence-electron chi connectivity index (χ1n) is 8.70. The molecule has 1 saturated heterocycles. The van der Waals surface area contributed by atoms with Crippen LogP contribution in [0.2, 0.25) is 5.15 Å². The largest absolute Gasteiger partial charge is 0.444 e. The topological polar surface area (TPSA) is 89.5 Å². The molecule has 0 aromatic carbocycles. The van der Waals surface area contributed by atoms with E-state index < -0.39 is 26.8 Å². The number of fused-ring (bicyclic) bond motifs is 1. The fourth-order valence-corrected chi connectivity index (χ4v) is 4.79. The number of halogens is 1. The van der Waals surface area contributed by atoms with E-state index in [2.05, 4.69) is 9.97 Å². The van der Waals surface area contributed by atoms with Crippen LogP contribution in [0.5, 0.6) is 0 Å². The molecule has 1 aliphatic rings. The average molecular weight is 412 g/mol. The summed E-state index contributed by atoms with van der Waals surface area (Å²) < 4.78 is 31.3. The number of likely N-dealkylation sites (tertiary alicyclic amines) is 1. The Morgan fingerprint density at radius 3 is 2.56 bits per heavy atom. The molecule has 0 bridgehead atoms. The van der Waals surface area contributed by atoms with Gasteiger partial charge in [-0.1, -0.05) is 11.6 Å². The normalized spacial score (nSPS) is 16.5. The number of ether oxygens (including phenoxy) is 1. The number of sulfone groups is 1. The molecule has 27 heavy (non-hydrogen) atoms. The molecule has 0 aliphatic carbocycles. The number of carbonyl (C=O) groups excluding carboxylic acids is 1. The lowest BCUT2D eigenvalue weighted by molar-refractivity contribution is 0.0217. The Balaban J connectivity index is 1.74. The number of nitrogens with zero attached hydrogens (tertiary/aromatic N) is 3. The van der Waals surface area contributed by atoms with Gasteiger partial charge >= 0.3 is 6.09 Å². The van der Waals surface area contributed by atoms with E-state index in [0.29, 0.717) is 31.4 Å². The highest BCUT2D eigenvalue weighted by molar-refractivity contribution is 7.92. The Kier molecular flexibility index (Phi) is 5.31. The lowest BCUT2D eigenvalue weighted by Gasteiger charge is -2.33. The number of piperidine rings is 1. The van der Waals surface area contributed by atoms with E-state index >= 15 is 0 Å². The smallest absolute Gasteiger partial charge is 0.410 e. The summed E-state index contributed by atoms with van der Waals surface area (Å²) in [6.45, 7) is 6.07. The van der Waals surface area contributed by atoms with Crippen LogP contribution in [0.1, 0.15) is 33.6 Å². The van der Waals surface area contributed by atoms with Crippen LogP contribution in [-0.4, -0.2) is 53.3 Å². The van der Waals surface area contributed by atoms with Crippen LogP contribution >= 0.6 is 11.6 Å². The number of amides is 1. The first-order chi connectivity index (χ1) is 12.6. The zero-order valence-corrected chi connectivity index (χ0v) is 17.0. The number of aromatic nitrogens is 2. The Morgan fingerprint density at radius 1 is 1.26 bits per heavy atom. The van der Waals surface area contributed by atoms with Gasteiger partial charge in [-0.2, -0.15) is 0 Å². The zero-order chi connectivity index (χ0) is 19.8. The van der Waals surface area contributed by atoms with Crippen molar-refractivity contribution < 1.29 is 17.9 Å². The van der Waals surface area contributed by atoms with Crippen molar-refractivity contribution >= 4 is 38.4 Å². The number of hydrogen-bond acceptors (Lipinski definition) is 6. The number of hydrogen-bond donors (Lipinski definition) is 0. The van der Waals surface area contributed by atoms with E-state index in [-0.39, 0.29) is 10.2 Å². The van der Waals surface area contributed by atoms with E-state index in [9.17, 15) is 13.2 Å². The summed E-state index contributed by atoms with van der Waals surface area (Å²) in [4.78, 5) is 21.9. The van der Waals surface area contributed by atoms with Gasteiger partial charge in [0.25, 0.3) is 0 Å². The highest BCUT2D eigenvalue weighted by Gasteiger charge is 2.35.